The average Bonchev–Trinajstić information content (AvgIpc) is 2.53. The van der Waals surface area contributed by atoms with Crippen molar-refractivity contribution >= 4 is 33.2 Å². The second-order valence-corrected chi connectivity index (χ2v) is 7.47. The van der Waals surface area contributed by atoms with Crippen LogP contribution in [0.1, 0.15) is 18.9 Å². The van der Waals surface area contributed by atoms with Crippen molar-refractivity contribution in [2.75, 3.05) is 11.9 Å². The second-order valence-electron chi connectivity index (χ2n) is 5.30. The lowest BCUT2D eigenvalue weighted by atomic mass is 10.1. The van der Waals surface area contributed by atoms with Gasteiger partial charge >= 0.3 is 0 Å². The molecule has 128 valence electrons. The van der Waals surface area contributed by atoms with E-state index in [1.165, 1.54) is 19.1 Å². The largest absolute Gasteiger partial charge is 0.326 e. The molecule has 0 unspecified atom stereocenters. The first-order valence-corrected chi connectivity index (χ1v) is 9.35. The summed E-state index contributed by atoms with van der Waals surface area (Å²) in [5.41, 5.74) is 1.55. The molecule has 0 radical (unpaired) electrons. The number of nitrogens with one attached hydrogen (secondary N) is 2. The van der Waals surface area contributed by atoms with Gasteiger partial charge < -0.3 is 5.32 Å². The zero-order chi connectivity index (χ0) is 17.6. The van der Waals surface area contributed by atoms with E-state index in [1.807, 2.05) is 24.3 Å². The summed E-state index contributed by atoms with van der Waals surface area (Å²) >= 11 is 6.07. The van der Waals surface area contributed by atoms with Crippen molar-refractivity contribution in [3.8, 4) is 0 Å². The highest BCUT2D eigenvalue weighted by atomic mass is 35.5. The van der Waals surface area contributed by atoms with Crippen LogP contribution in [0.2, 0.25) is 5.02 Å². The van der Waals surface area contributed by atoms with Crippen molar-refractivity contribution < 1.29 is 13.2 Å². The van der Waals surface area contributed by atoms with E-state index in [2.05, 4.69) is 10.0 Å². The van der Waals surface area contributed by atoms with Gasteiger partial charge in [0.25, 0.3) is 0 Å². The summed E-state index contributed by atoms with van der Waals surface area (Å²) < 4.78 is 27.0. The van der Waals surface area contributed by atoms with Crippen molar-refractivity contribution in [1.29, 1.82) is 0 Å². The highest BCUT2D eigenvalue weighted by Gasteiger charge is 2.13. The zero-order valence-electron chi connectivity index (χ0n) is 13.3. The Kier molecular flexibility index (Phi) is 6.36. The molecule has 0 saturated carbocycles. The van der Waals surface area contributed by atoms with Crippen LogP contribution in [0.15, 0.2) is 53.4 Å². The van der Waals surface area contributed by atoms with Crippen molar-refractivity contribution in [3.63, 3.8) is 0 Å². The molecule has 0 fully saturated rings. The van der Waals surface area contributed by atoms with E-state index >= 15 is 0 Å². The minimum absolute atomic E-state index is 0.161. The van der Waals surface area contributed by atoms with Crippen molar-refractivity contribution in [3.05, 3.63) is 59.1 Å². The number of rotatable bonds is 7. The van der Waals surface area contributed by atoms with Crippen LogP contribution >= 0.6 is 11.6 Å². The SMILES string of the molecule is CC(=O)Nc1ccc(S(=O)(=O)NCCCc2ccccc2Cl)cc1. The predicted octanol–water partition coefficient (Wildman–Crippen LogP) is 3.21. The van der Waals surface area contributed by atoms with Gasteiger partial charge in [0.1, 0.15) is 0 Å². The van der Waals surface area contributed by atoms with E-state index in [1.54, 1.807) is 12.1 Å². The topological polar surface area (TPSA) is 75.3 Å². The third-order valence-corrected chi connectivity index (χ3v) is 5.20. The summed E-state index contributed by atoms with van der Waals surface area (Å²) in [4.78, 5) is 11.1. The minimum Gasteiger partial charge on any atom is -0.326 e. The molecule has 5 nitrogen and oxygen atoms in total. The molecule has 2 rings (SSSR count). The summed E-state index contributed by atoms with van der Waals surface area (Å²) in [6.07, 6.45) is 1.34. The minimum atomic E-state index is -3.57. The van der Waals surface area contributed by atoms with Gasteiger partial charge in [-0.15, -0.1) is 0 Å². The third kappa shape index (κ3) is 5.33. The van der Waals surface area contributed by atoms with E-state index in [0.29, 0.717) is 30.1 Å². The molecule has 0 spiro atoms. The molecule has 7 heteroatoms. The Morgan fingerprint density at radius 2 is 1.75 bits per heavy atom. The van der Waals surface area contributed by atoms with Crippen LogP contribution in [0.4, 0.5) is 5.69 Å². The number of hydrogen-bond acceptors (Lipinski definition) is 3. The van der Waals surface area contributed by atoms with Gasteiger partial charge in [0, 0.05) is 24.2 Å². The quantitative estimate of drug-likeness (QED) is 0.739. The lowest BCUT2D eigenvalue weighted by molar-refractivity contribution is -0.114. The van der Waals surface area contributed by atoms with E-state index in [4.69, 9.17) is 11.6 Å². The first-order chi connectivity index (χ1) is 11.4. The Morgan fingerprint density at radius 1 is 1.08 bits per heavy atom. The van der Waals surface area contributed by atoms with Crippen molar-refractivity contribution in [1.82, 2.24) is 4.72 Å². The number of aryl methyl sites for hydroxylation is 1. The number of hydrogen-bond donors (Lipinski definition) is 2. The molecule has 0 aliphatic carbocycles. The second kappa shape index (κ2) is 8.28. The summed E-state index contributed by atoms with van der Waals surface area (Å²) in [6, 6.07) is 13.5. The van der Waals surface area contributed by atoms with Gasteiger partial charge in [-0.1, -0.05) is 29.8 Å². The average molecular weight is 367 g/mol. The molecule has 0 atom stereocenters. The Morgan fingerprint density at radius 3 is 2.38 bits per heavy atom. The van der Waals surface area contributed by atoms with Crippen LogP contribution in [-0.2, 0) is 21.2 Å². The molecule has 2 aromatic rings. The molecule has 0 aromatic heterocycles. The first kappa shape index (κ1) is 18.4. The number of sulfonamides is 1. The summed E-state index contributed by atoms with van der Waals surface area (Å²) in [5, 5.41) is 3.28. The van der Waals surface area contributed by atoms with Gasteiger partial charge in [-0.2, -0.15) is 0 Å². The standard InChI is InChI=1S/C17H19ClN2O3S/c1-13(21)20-15-8-10-16(11-9-15)24(22,23)19-12-4-6-14-5-2-3-7-17(14)18/h2-3,5,7-11,19H,4,6,12H2,1H3,(H,20,21). The molecule has 24 heavy (non-hydrogen) atoms. The van der Waals surface area contributed by atoms with Crippen molar-refractivity contribution in [2.45, 2.75) is 24.7 Å². The van der Waals surface area contributed by atoms with Gasteiger partial charge in [0.15, 0.2) is 0 Å². The Labute approximate surface area is 147 Å². The predicted molar refractivity (Wildman–Crippen MR) is 95.7 cm³/mol. The van der Waals surface area contributed by atoms with E-state index in [-0.39, 0.29) is 10.8 Å². The smallest absolute Gasteiger partial charge is 0.240 e. The maximum Gasteiger partial charge on any atom is 0.240 e. The van der Waals surface area contributed by atoms with Gasteiger partial charge in [-0.25, -0.2) is 13.1 Å². The van der Waals surface area contributed by atoms with Gasteiger partial charge in [-0.3, -0.25) is 4.79 Å². The molecule has 0 heterocycles. The van der Waals surface area contributed by atoms with Crippen LogP contribution in [0.3, 0.4) is 0 Å². The third-order valence-electron chi connectivity index (χ3n) is 3.36. The fraction of sp³-hybridized carbons (Fsp3) is 0.235. The summed E-state index contributed by atoms with van der Waals surface area (Å²) in [6.45, 7) is 1.71. The molecule has 0 aliphatic heterocycles. The maximum absolute atomic E-state index is 12.2. The number of amides is 1. The molecule has 2 N–H and O–H groups in total. The Hall–Kier alpha value is -1.89. The van der Waals surface area contributed by atoms with E-state index < -0.39 is 10.0 Å². The molecular formula is C17H19ClN2O3S. The van der Waals surface area contributed by atoms with Crippen LogP contribution in [0, 0.1) is 0 Å². The highest BCUT2D eigenvalue weighted by molar-refractivity contribution is 7.89. The Balaban J connectivity index is 1.89. The lowest BCUT2D eigenvalue weighted by Gasteiger charge is -2.08. The highest BCUT2D eigenvalue weighted by Crippen LogP contribution is 2.17. The first-order valence-electron chi connectivity index (χ1n) is 7.49. The van der Waals surface area contributed by atoms with Crippen LogP contribution in [0.5, 0.6) is 0 Å². The van der Waals surface area contributed by atoms with Crippen LogP contribution in [-0.4, -0.2) is 20.9 Å². The molecule has 1 amide bonds. The number of halogens is 1. The molecule has 0 bridgehead atoms. The van der Waals surface area contributed by atoms with Gasteiger partial charge in [0.05, 0.1) is 4.90 Å². The fourth-order valence-electron chi connectivity index (χ4n) is 2.19. The lowest BCUT2D eigenvalue weighted by Crippen LogP contribution is -2.25. The molecule has 2 aromatic carbocycles. The zero-order valence-corrected chi connectivity index (χ0v) is 14.8. The molecule has 0 aliphatic rings. The Bertz CT molecular complexity index is 805. The molecule has 0 saturated heterocycles. The van der Waals surface area contributed by atoms with Gasteiger partial charge in [-0.05, 0) is 48.7 Å². The number of benzene rings is 2. The summed E-state index contributed by atoms with van der Waals surface area (Å²) in [7, 11) is -3.57. The number of anilines is 1. The molecular weight excluding hydrogens is 348 g/mol. The van der Waals surface area contributed by atoms with Gasteiger partial charge in [0.2, 0.25) is 15.9 Å². The van der Waals surface area contributed by atoms with Crippen LogP contribution < -0.4 is 10.0 Å². The summed E-state index contributed by atoms with van der Waals surface area (Å²) in [5.74, 6) is -0.205. The number of carbonyl (C=O) groups is 1. The van der Waals surface area contributed by atoms with Crippen LogP contribution in [0.25, 0.3) is 0 Å². The monoisotopic (exact) mass is 366 g/mol. The fourth-order valence-corrected chi connectivity index (χ4v) is 3.49. The van der Waals surface area contributed by atoms with E-state index in [9.17, 15) is 13.2 Å². The number of carbonyl (C=O) groups excluding carboxylic acids is 1. The van der Waals surface area contributed by atoms with E-state index in [0.717, 1.165) is 5.56 Å². The normalized spacial score (nSPS) is 11.2. The van der Waals surface area contributed by atoms with Crippen molar-refractivity contribution in [2.24, 2.45) is 0 Å². The maximum atomic E-state index is 12.2.